The van der Waals surface area contributed by atoms with Crippen molar-refractivity contribution in [3.63, 3.8) is 0 Å². The van der Waals surface area contributed by atoms with Crippen molar-refractivity contribution >= 4 is 17.4 Å². The summed E-state index contributed by atoms with van der Waals surface area (Å²) in [4.78, 5) is 10.4. The highest BCUT2D eigenvalue weighted by molar-refractivity contribution is 6.29. The van der Waals surface area contributed by atoms with Crippen LogP contribution in [0.3, 0.4) is 0 Å². The van der Waals surface area contributed by atoms with Crippen molar-refractivity contribution < 1.29 is 0 Å². The first-order valence-corrected chi connectivity index (χ1v) is 6.32. The van der Waals surface area contributed by atoms with Crippen molar-refractivity contribution in [2.45, 2.75) is 26.4 Å². The predicted octanol–water partition coefficient (Wildman–Crippen LogP) is 3.55. The third-order valence-corrected chi connectivity index (χ3v) is 2.94. The van der Waals surface area contributed by atoms with Crippen LogP contribution in [0.4, 0.5) is 5.82 Å². The second-order valence-electron chi connectivity index (χ2n) is 4.41. The van der Waals surface area contributed by atoms with Crippen molar-refractivity contribution in [2.24, 2.45) is 0 Å². The predicted molar refractivity (Wildman–Crippen MR) is 74.8 cm³/mol. The fourth-order valence-electron chi connectivity index (χ4n) is 1.79. The lowest BCUT2D eigenvalue weighted by molar-refractivity contribution is 0.671. The molecule has 1 aromatic carbocycles. The van der Waals surface area contributed by atoms with Crippen LogP contribution in [-0.2, 0) is 6.54 Å². The van der Waals surface area contributed by atoms with Crippen molar-refractivity contribution in [3.8, 4) is 0 Å². The van der Waals surface area contributed by atoms with Crippen LogP contribution in [-0.4, -0.2) is 16.0 Å². The number of hydrogen-bond donors (Lipinski definition) is 0. The molecule has 18 heavy (non-hydrogen) atoms. The zero-order valence-electron chi connectivity index (χ0n) is 10.5. The zero-order valence-corrected chi connectivity index (χ0v) is 11.3. The number of benzene rings is 1. The summed E-state index contributed by atoms with van der Waals surface area (Å²) in [5.41, 5.74) is 1.25. The summed E-state index contributed by atoms with van der Waals surface area (Å²) in [5.74, 6) is 0.855. The van der Waals surface area contributed by atoms with E-state index < -0.39 is 0 Å². The monoisotopic (exact) mass is 261 g/mol. The van der Waals surface area contributed by atoms with Crippen molar-refractivity contribution in [3.05, 3.63) is 53.4 Å². The van der Waals surface area contributed by atoms with Crippen LogP contribution in [0.25, 0.3) is 0 Å². The van der Waals surface area contributed by atoms with Gasteiger partial charge in [-0.2, -0.15) is 0 Å². The third kappa shape index (κ3) is 3.20. The molecule has 94 valence electrons. The van der Waals surface area contributed by atoms with Crippen LogP contribution in [0.15, 0.2) is 42.7 Å². The molecular weight excluding hydrogens is 246 g/mol. The molecule has 4 heteroatoms. The SMILES string of the molecule is CC(C)N(Cc1ccccc1)c1cc(Cl)ncn1. The molecular formula is C14H16ClN3. The summed E-state index contributed by atoms with van der Waals surface area (Å²) in [7, 11) is 0. The van der Waals surface area contributed by atoms with Crippen LogP contribution in [0.1, 0.15) is 19.4 Å². The fourth-order valence-corrected chi connectivity index (χ4v) is 1.93. The van der Waals surface area contributed by atoms with E-state index in [4.69, 9.17) is 11.6 Å². The first-order valence-electron chi connectivity index (χ1n) is 5.95. The van der Waals surface area contributed by atoms with E-state index in [1.54, 1.807) is 6.07 Å². The Kier molecular flexibility index (Phi) is 4.15. The van der Waals surface area contributed by atoms with Gasteiger partial charge in [0.15, 0.2) is 0 Å². The minimum Gasteiger partial charge on any atom is -0.350 e. The quantitative estimate of drug-likeness (QED) is 0.789. The molecule has 0 N–H and O–H groups in total. The summed E-state index contributed by atoms with van der Waals surface area (Å²) in [6.45, 7) is 5.09. The summed E-state index contributed by atoms with van der Waals surface area (Å²) >= 11 is 5.92. The third-order valence-electron chi connectivity index (χ3n) is 2.73. The van der Waals surface area contributed by atoms with Gasteiger partial charge in [-0.25, -0.2) is 9.97 Å². The molecule has 0 aliphatic carbocycles. The molecule has 0 radical (unpaired) electrons. The molecule has 0 spiro atoms. The highest BCUT2D eigenvalue weighted by Crippen LogP contribution is 2.19. The highest BCUT2D eigenvalue weighted by atomic mass is 35.5. The molecule has 0 fully saturated rings. The minimum atomic E-state index is 0.344. The van der Waals surface area contributed by atoms with Gasteiger partial charge in [0, 0.05) is 18.7 Å². The van der Waals surface area contributed by atoms with Gasteiger partial charge in [0.1, 0.15) is 17.3 Å². The van der Waals surface area contributed by atoms with Gasteiger partial charge in [0.05, 0.1) is 0 Å². The van der Waals surface area contributed by atoms with E-state index in [0.29, 0.717) is 11.2 Å². The van der Waals surface area contributed by atoms with Gasteiger partial charge >= 0.3 is 0 Å². The van der Waals surface area contributed by atoms with Crippen LogP contribution >= 0.6 is 11.6 Å². The van der Waals surface area contributed by atoms with E-state index in [9.17, 15) is 0 Å². The molecule has 3 nitrogen and oxygen atoms in total. The molecule has 0 aliphatic rings. The number of hydrogen-bond acceptors (Lipinski definition) is 3. The number of nitrogens with zero attached hydrogens (tertiary/aromatic N) is 3. The van der Waals surface area contributed by atoms with Crippen molar-refractivity contribution in [2.75, 3.05) is 4.90 Å². The molecule has 0 amide bonds. The lowest BCUT2D eigenvalue weighted by Gasteiger charge is -2.27. The van der Waals surface area contributed by atoms with E-state index >= 15 is 0 Å². The van der Waals surface area contributed by atoms with E-state index in [-0.39, 0.29) is 0 Å². The summed E-state index contributed by atoms with van der Waals surface area (Å²) in [5, 5.41) is 0.471. The van der Waals surface area contributed by atoms with Gasteiger partial charge in [0.2, 0.25) is 0 Å². The largest absolute Gasteiger partial charge is 0.350 e. The maximum atomic E-state index is 5.92. The Balaban J connectivity index is 2.24. The van der Waals surface area contributed by atoms with Crippen LogP contribution in [0.2, 0.25) is 5.15 Å². The summed E-state index contributed by atoms with van der Waals surface area (Å²) in [6, 6.07) is 12.5. The molecule has 0 unspecified atom stereocenters. The molecule has 0 saturated heterocycles. The summed E-state index contributed by atoms with van der Waals surface area (Å²) in [6.07, 6.45) is 1.50. The summed E-state index contributed by atoms with van der Waals surface area (Å²) < 4.78 is 0. The van der Waals surface area contributed by atoms with E-state index in [2.05, 4.69) is 40.8 Å². The topological polar surface area (TPSA) is 29.0 Å². The van der Waals surface area contributed by atoms with Gasteiger partial charge in [-0.3, -0.25) is 0 Å². The van der Waals surface area contributed by atoms with E-state index in [0.717, 1.165) is 12.4 Å². The normalized spacial score (nSPS) is 10.7. The number of anilines is 1. The maximum Gasteiger partial charge on any atom is 0.134 e. The minimum absolute atomic E-state index is 0.344. The van der Waals surface area contributed by atoms with E-state index in [1.807, 2.05) is 18.2 Å². The Morgan fingerprint density at radius 2 is 1.89 bits per heavy atom. The molecule has 1 heterocycles. The first kappa shape index (κ1) is 12.8. The highest BCUT2D eigenvalue weighted by Gasteiger charge is 2.12. The smallest absolute Gasteiger partial charge is 0.134 e. The molecule has 0 atom stereocenters. The average Bonchev–Trinajstić information content (AvgIpc) is 2.37. The lowest BCUT2D eigenvalue weighted by atomic mass is 10.2. The van der Waals surface area contributed by atoms with Gasteiger partial charge in [-0.15, -0.1) is 0 Å². The Labute approximate surface area is 112 Å². The average molecular weight is 262 g/mol. The molecule has 1 aromatic heterocycles. The second kappa shape index (κ2) is 5.83. The second-order valence-corrected chi connectivity index (χ2v) is 4.79. The Bertz CT molecular complexity index is 499. The van der Waals surface area contributed by atoms with E-state index in [1.165, 1.54) is 11.9 Å². The van der Waals surface area contributed by atoms with Gasteiger partial charge in [-0.1, -0.05) is 41.9 Å². The Hall–Kier alpha value is -1.61. The van der Waals surface area contributed by atoms with Crippen LogP contribution in [0, 0.1) is 0 Å². The zero-order chi connectivity index (χ0) is 13.0. The van der Waals surface area contributed by atoms with Gasteiger partial charge in [-0.05, 0) is 19.4 Å². The standard InChI is InChI=1S/C14H16ClN3/c1-11(2)18(9-12-6-4-3-5-7-12)14-8-13(15)16-10-17-14/h3-8,10-11H,9H2,1-2H3. The fraction of sp³-hybridized carbons (Fsp3) is 0.286. The Morgan fingerprint density at radius 1 is 1.17 bits per heavy atom. The van der Waals surface area contributed by atoms with Crippen LogP contribution in [0.5, 0.6) is 0 Å². The first-order chi connectivity index (χ1) is 8.66. The molecule has 0 aliphatic heterocycles. The molecule has 0 bridgehead atoms. The molecule has 2 aromatic rings. The van der Waals surface area contributed by atoms with Gasteiger partial charge < -0.3 is 4.90 Å². The molecule has 2 rings (SSSR count). The lowest BCUT2D eigenvalue weighted by Crippen LogP contribution is -2.30. The number of rotatable bonds is 4. The molecule has 0 saturated carbocycles. The van der Waals surface area contributed by atoms with Crippen LogP contribution < -0.4 is 4.90 Å². The number of aromatic nitrogens is 2. The Morgan fingerprint density at radius 3 is 2.50 bits per heavy atom. The van der Waals surface area contributed by atoms with Crippen molar-refractivity contribution in [1.82, 2.24) is 9.97 Å². The number of halogens is 1. The van der Waals surface area contributed by atoms with Crippen molar-refractivity contribution in [1.29, 1.82) is 0 Å². The van der Waals surface area contributed by atoms with Gasteiger partial charge in [0.25, 0.3) is 0 Å². The maximum absolute atomic E-state index is 5.92.